The third-order valence-electron chi connectivity index (χ3n) is 3.85. The lowest BCUT2D eigenvalue weighted by Gasteiger charge is -2.33. The first kappa shape index (κ1) is 15.9. The van der Waals surface area contributed by atoms with E-state index in [1.807, 2.05) is 0 Å². The van der Waals surface area contributed by atoms with Crippen LogP contribution in [-0.2, 0) is 4.74 Å². The van der Waals surface area contributed by atoms with Gasteiger partial charge < -0.3 is 9.64 Å². The van der Waals surface area contributed by atoms with E-state index in [1.54, 1.807) is 0 Å². The first-order chi connectivity index (χ1) is 8.61. The zero-order valence-electron chi connectivity index (χ0n) is 12.8. The van der Waals surface area contributed by atoms with Crippen LogP contribution in [-0.4, -0.2) is 62.3 Å². The van der Waals surface area contributed by atoms with Gasteiger partial charge in [-0.05, 0) is 45.3 Å². The van der Waals surface area contributed by atoms with Gasteiger partial charge in [0.25, 0.3) is 0 Å². The van der Waals surface area contributed by atoms with Crippen LogP contribution in [0.2, 0.25) is 0 Å². The van der Waals surface area contributed by atoms with Crippen molar-refractivity contribution in [1.82, 2.24) is 9.80 Å². The van der Waals surface area contributed by atoms with Gasteiger partial charge >= 0.3 is 0 Å². The summed E-state index contributed by atoms with van der Waals surface area (Å²) in [6.07, 6.45) is 4.30. The molecule has 1 aliphatic rings. The molecular formula is C15H32N2O. The Hall–Kier alpha value is -0.120. The van der Waals surface area contributed by atoms with Crippen molar-refractivity contribution in [1.29, 1.82) is 0 Å². The third kappa shape index (κ3) is 6.72. The molecule has 108 valence electrons. The summed E-state index contributed by atoms with van der Waals surface area (Å²) in [6.45, 7) is 13.5. The maximum absolute atomic E-state index is 5.86. The maximum Gasteiger partial charge on any atom is 0.0714 e. The molecule has 1 atom stereocenters. The molecule has 3 heteroatoms. The van der Waals surface area contributed by atoms with Crippen molar-refractivity contribution < 1.29 is 4.74 Å². The molecular weight excluding hydrogens is 224 g/mol. The molecule has 0 amide bonds. The first-order valence-corrected chi connectivity index (χ1v) is 7.64. The largest absolute Gasteiger partial charge is 0.376 e. The van der Waals surface area contributed by atoms with Crippen molar-refractivity contribution in [2.75, 3.05) is 46.4 Å². The Morgan fingerprint density at radius 3 is 2.83 bits per heavy atom. The molecule has 0 aliphatic carbocycles. The van der Waals surface area contributed by atoms with E-state index < -0.39 is 0 Å². The Morgan fingerprint density at radius 2 is 2.17 bits per heavy atom. The van der Waals surface area contributed by atoms with Gasteiger partial charge in [0.05, 0.1) is 12.7 Å². The summed E-state index contributed by atoms with van der Waals surface area (Å²) in [5.74, 6) is 0.833. The van der Waals surface area contributed by atoms with E-state index in [4.69, 9.17) is 4.74 Å². The van der Waals surface area contributed by atoms with Crippen LogP contribution in [0, 0.1) is 5.92 Å². The predicted molar refractivity (Wildman–Crippen MR) is 78.0 cm³/mol. The predicted octanol–water partition coefficient (Wildman–Crippen LogP) is 2.47. The van der Waals surface area contributed by atoms with Gasteiger partial charge in [-0.1, -0.05) is 20.8 Å². The number of morpholine rings is 1. The summed E-state index contributed by atoms with van der Waals surface area (Å²) in [6, 6.07) is 0. The molecule has 1 fully saturated rings. The molecule has 0 radical (unpaired) electrons. The van der Waals surface area contributed by atoms with Gasteiger partial charge in [0.1, 0.15) is 0 Å². The summed E-state index contributed by atoms with van der Waals surface area (Å²) in [5, 5.41) is 0. The molecule has 1 saturated heterocycles. The minimum atomic E-state index is 0.451. The molecule has 0 aromatic carbocycles. The van der Waals surface area contributed by atoms with E-state index in [2.05, 4.69) is 37.6 Å². The lowest BCUT2D eigenvalue weighted by atomic mass is 10.1. The minimum Gasteiger partial charge on any atom is -0.376 e. The van der Waals surface area contributed by atoms with Crippen LogP contribution in [0.15, 0.2) is 0 Å². The second-order valence-electron chi connectivity index (χ2n) is 6.01. The zero-order valence-corrected chi connectivity index (χ0v) is 12.8. The molecule has 0 N–H and O–H groups in total. The van der Waals surface area contributed by atoms with Crippen molar-refractivity contribution in [3.05, 3.63) is 0 Å². The van der Waals surface area contributed by atoms with Crippen LogP contribution in [0.1, 0.15) is 40.0 Å². The minimum absolute atomic E-state index is 0.451. The van der Waals surface area contributed by atoms with Crippen LogP contribution in [0.25, 0.3) is 0 Å². The fourth-order valence-electron chi connectivity index (χ4n) is 2.40. The fourth-order valence-corrected chi connectivity index (χ4v) is 2.40. The van der Waals surface area contributed by atoms with Gasteiger partial charge in [0.2, 0.25) is 0 Å². The zero-order chi connectivity index (χ0) is 13.4. The van der Waals surface area contributed by atoms with Crippen LogP contribution in [0.5, 0.6) is 0 Å². The van der Waals surface area contributed by atoms with E-state index in [0.717, 1.165) is 38.7 Å². The number of hydrogen-bond acceptors (Lipinski definition) is 3. The Morgan fingerprint density at radius 1 is 1.39 bits per heavy atom. The van der Waals surface area contributed by atoms with Crippen molar-refractivity contribution in [3.8, 4) is 0 Å². The number of rotatable bonds is 8. The van der Waals surface area contributed by atoms with Gasteiger partial charge in [0.15, 0.2) is 0 Å². The first-order valence-electron chi connectivity index (χ1n) is 7.64. The molecule has 1 heterocycles. The number of ether oxygens (including phenoxy) is 1. The highest BCUT2D eigenvalue weighted by molar-refractivity contribution is 4.72. The van der Waals surface area contributed by atoms with Crippen molar-refractivity contribution in [2.24, 2.45) is 5.92 Å². The third-order valence-corrected chi connectivity index (χ3v) is 3.85. The molecule has 0 spiro atoms. The Kier molecular flexibility index (Phi) is 7.87. The van der Waals surface area contributed by atoms with Crippen molar-refractivity contribution >= 4 is 0 Å². The van der Waals surface area contributed by atoms with Gasteiger partial charge in [-0.25, -0.2) is 0 Å². The lowest BCUT2D eigenvalue weighted by molar-refractivity contribution is -0.0352. The molecule has 1 unspecified atom stereocenters. The molecule has 18 heavy (non-hydrogen) atoms. The lowest BCUT2D eigenvalue weighted by Crippen LogP contribution is -2.43. The smallest absolute Gasteiger partial charge is 0.0714 e. The van der Waals surface area contributed by atoms with Crippen LogP contribution in [0.3, 0.4) is 0 Å². The average Bonchev–Trinajstić information content (AvgIpc) is 2.36. The standard InChI is InChI=1S/C15H32N2O/c1-5-16(4)10-8-15-13-17(11-12-18-15)9-6-7-14(2)3/h14-15H,5-13H2,1-4H3. The summed E-state index contributed by atoms with van der Waals surface area (Å²) in [7, 11) is 2.18. The van der Waals surface area contributed by atoms with Gasteiger partial charge in [-0.15, -0.1) is 0 Å². The Bertz CT molecular complexity index is 209. The summed E-state index contributed by atoms with van der Waals surface area (Å²) >= 11 is 0. The topological polar surface area (TPSA) is 15.7 Å². The van der Waals surface area contributed by atoms with Crippen LogP contribution in [0.4, 0.5) is 0 Å². The van der Waals surface area contributed by atoms with Gasteiger partial charge in [-0.3, -0.25) is 4.90 Å². The van der Waals surface area contributed by atoms with Crippen LogP contribution < -0.4 is 0 Å². The fraction of sp³-hybridized carbons (Fsp3) is 1.00. The van der Waals surface area contributed by atoms with E-state index in [9.17, 15) is 0 Å². The molecule has 0 aromatic rings. The quantitative estimate of drug-likeness (QED) is 0.663. The molecule has 0 saturated carbocycles. The normalized spacial score (nSPS) is 22.0. The van der Waals surface area contributed by atoms with E-state index in [-0.39, 0.29) is 0 Å². The highest BCUT2D eigenvalue weighted by Crippen LogP contribution is 2.11. The van der Waals surface area contributed by atoms with E-state index >= 15 is 0 Å². The van der Waals surface area contributed by atoms with E-state index in [0.29, 0.717) is 6.10 Å². The summed E-state index contributed by atoms with van der Waals surface area (Å²) in [5.41, 5.74) is 0. The second-order valence-corrected chi connectivity index (χ2v) is 6.01. The Labute approximate surface area is 113 Å². The molecule has 3 nitrogen and oxygen atoms in total. The Balaban J connectivity index is 2.15. The second kappa shape index (κ2) is 8.89. The molecule has 0 bridgehead atoms. The van der Waals surface area contributed by atoms with Gasteiger partial charge in [-0.2, -0.15) is 0 Å². The van der Waals surface area contributed by atoms with E-state index in [1.165, 1.54) is 25.8 Å². The SMILES string of the molecule is CCN(C)CCC1CN(CCCC(C)C)CCO1. The number of nitrogens with zero attached hydrogens (tertiary/aromatic N) is 2. The maximum atomic E-state index is 5.86. The molecule has 1 aliphatic heterocycles. The van der Waals surface area contributed by atoms with Crippen molar-refractivity contribution in [2.45, 2.75) is 46.1 Å². The summed E-state index contributed by atoms with van der Waals surface area (Å²) < 4.78 is 5.86. The van der Waals surface area contributed by atoms with Gasteiger partial charge in [0, 0.05) is 19.6 Å². The highest BCUT2D eigenvalue weighted by atomic mass is 16.5. The highest BCUT2D eigenvalue weighted by Gasteiger charge is 2.20. The monoisotopic (exact) mass is 256 g/mol. The van der Waals surface area contributed by atoms with Crippen LogP contribution >= 0.6 is 0 Å². The average molecular weight is 256 g/mol. The summed E-state index contributed by atoms with van der Waals surface area (Å²) in [4.78, 5) is 4.95. The van der Waals surface area contributed by atoms with Crippen molar-refractivity contribution in [3.63, 3.8) is 0 Å². The number of hydrogen-bond donors (Lipinski definition) is 0. The molecule has 1 rings (SSSR count). The molecule has 0 aromatic heterocycles.